The number of hydrogen-bond acceptors (Lipinski definition) is 6. The van der Waals surface area contributed by atoms with Gasteiger partial charge >= 0.3 is 0 Å². The summed E-state index contributed by atoms with van der Waals surface area (Å²) < 4.78 is 7.32. The summed E-state index contributed by atoms with van der Waals surface area (Å²) in [4.78, 5) is 15.2. The van der Waals surface area contributed by atoms with Gasteiger partial charge in [-0.1, -0.05) is 31.2 Å². The molecular formula is C23H28N4O2S2. The van der Waals surface area contributed by atoms with Gasteiger partial charge in [0.1, 0.15) is 5.75 Å². The Morgan fingerprint density at radius 3 is 2.97 bits per heavy atom. The fourth-order valence-electron chi connectivity index (χ4n) is 3.95. The standard InChI is InChI=1S/C23H28N4O2S2/c1-5-15-7-9-19-16(11-15)12-20(31-19)22-25-26-23(27(22)3)30-13-21(28)24-17-10-14(2)6-8-18(17)29-4/h6,8,10,12,15H,5,7,9,11,13H2,1-4H3,(H,24,28). The van der Waals surface area contributed by atoms with Crippen LogP contribution in [0.2, 0.25) is 0 Å². The molecule has 164 valence electrons. The SMILES string of the molecule is CCC1CCc2sc(-c3nnc(SCC(=O)Nc4cc(C)ccc4OC)n3C)cc2C1. The molecule has 3 aromatic rings. The van der Waals surface area contributed by atoms with Gasteiger partial charge in [0.15, 0.2) is 11.0 Å². The fourth-order valence-corrected chi connectivity index (χ4v) is 5.89. The molecule has 31 heavy (non-hydrogen) atoms. The second kappa shape index (κ2) is 9.44. The van der Waals surface area contributed by atoms with E-state index in [2.05, 4.69) is 28.5 Å². The van der Waals surface area contributed by atoms with Crippen molar-refractivity contribution in [2.45, 2.75) is 44.7 Å². The van der Waals surface area contributed by atoms with E-state index in [-0.39, 0.29) is 11.7 Å². The summed E-state index contributed by atoms with van der Waals surface area (Å²) in [6.45, 7) is 4.26. The highest BCUT2D eigenvalue weighted by Crippen LogP contribution is 2.38. The minimum atomic E-state index is -0.101. The van der Waals surface area contributed by atoms with Crippen molar-refractivity contribution >= 4 is 34.7 Å². The van der Waals surface area contributed by atoms with Crippen molar-refractivity contribution in [3.8, 4) is 16.5 Å². The molecule has 0 saturated heterocycles. The Morgan fingerprint density at radius 2 is 2.19 bits per heavy atom. The van der Waals surface area contributed by atoms with E-state index in [1.165, 1.54) is 47.9 Å². The quantitative estimate of drug-likeness (QED) is 0.501. The minimum absolute atomic E-state index is 0.101. The van der Waals surface area contributed by atoms with Gasteiger partial charge < -0.3 is 14.6 Å². The van der Waals surface area contributed by atoms with E-state index in [0.717, 1.165) is 27.3 Å². The molecule has 6 nitrogen and oxygen atoms in total. The van der Waals surface area contributed by atoms with Gasteiger partial charge in [-0.15, -0.1) is 21.5 Å². The number of ether oxygens (including phenoxy) is 1. The van der Waals surface area contributed by atoms with Crippen molar-refractivity contribution in [1.29, 1.82) is 0 Å². The molecule has 0 saturated carbocycles. The molecule has 0 fully saturated rings. The number of aryl methyl sites for hydroxylation is 2. The van der Waals surface area contributed by atoms with Crippen molar-refractivity contribution in [2.75, 3.05) is 18.2 Å². The van der Waals surface area contributed by atoms with E-state index in [1.54, 1.807) is 7.11 Å². The topological polar surface area (TPSA) is 69.0 Å². The molecule has 0 aliphatic heterocycles. The molecule has 0 radical (unpaired) electrons. The van der Waals surface area contributed by atoms with E-state index >= 15 is 0 Å². The highest BCUT2D eigenvalue weighted by atomic mass is 32.2. The number of thioether (sulfide) groups is 1. The van der Waals surface area contributed by atoms with E-state index < -0.39 is 0 Å². The van der Waals surface area contributed by atoms with Crippen LogP contribution in [0, 0.1) is 12.8 Å². The number of thiophene rings is 1. The first-order valence-electron chi connectivity index (χ1n) is 10.6. The van der Waals surface area contributed by atoms with Gasteiger partial charge in [0.2, 0.25) is 5.91 Å². The first-order chi connectivity index (χ1) is 15.0. The number of fused-ring (bicyclic) bond motifs is 1. The average molecular weight is 457 g/mol. The normalized spacial score (nSPS) is 15.5. The fraction of sp³-hybridized carbons (Fsp3) is 0.435. The first-order valence-corrected chi connectivity index (χ1v) is 12.4. The maximum absolute atomic E-state index is 12.5. The van der Waals surface area contributed by atoms with Crippen LogP contribution in [0.3, 0.4) is 0 Å². The molecule has 1 aromatic carbocycles. The summed E-state index contributed by atoms with van der Waals surface area (Å²) in [5, 5.41) is 12.4. The van der Waals surface area contributed by atoms with E-state index in [1.807, 2.05) is 48.1 Å². The number of hydrogen-bond donors (Lipinski definition) is 1. The molecule has 0 bridgehead atoms. The molecule has 0 spiro atoms. The number of anilines is 1. The van der Waals surface area contributed by atoms with Gasteiger partial charge in [-0.25, -0.2) is 0 Å². The number of carbonyl (C=O) groups excluding carboxylic acids is 1. The lowest BCUT2D eigenvalue weighted by Gasteiger charge is -2.19. The zero-order valence-corrected chi connectivity index (χ0v) is 20.0. The Bertz CT molecular complexity index is 1090. The average Bonchev–Trinajstić information content (AvgIpc) is 3.34. The predicted octanol–water partition coefficient (Wildman–Crippen LogP) is 5.11. The summed E-state index contributed by atoms with van der Waals surface area (Å²) in [6, 6.07) is 8.01. The summed E-state index contributed by atoms with van der Waals surface area (Å²) in [7, 11) is 3.56. The smallest absolute Gasteiger partial charge is 0.234 e. The summed E-state index contributed by atoms with van der Waals surface area (Å²) in [5.74, 6) is 2.47. The van der Waals surface area contributed by atoms with Crippen LogP contribution in [-0.4, -0.2) is 33.5 Å². The number of benzene rings is 1. The molecule has 8 heteroatoms. The van der Waals surface area contributed by atoms with Crippen molar-refractivity contribution in [3.63, 3.8) is 0 Å². The lowest BCUT2D eigenvalue weighted by atomic mass is 9.87. The van der Waals surface area contributed by atoms with E-state index in [0.29, 0.717) is 11.4 Å². The number of nitrogens with one attached hydrogen (secondary N) is 1. The molecule has 4 rings (SSSR count). The van der Waals surface area contributed by atoms with Gasteiger partial charge in [0.05, 0.1) is 23.4 Å². The van der Waals surface area contributed by atoms with Crippen LogP contribution in [0.15, 0.2) is 29.4 Å². The number of carbonyl (C=O) groups is 1. The lowest BCUT2D eigenvalue weighted by molar-refractivity contribution is -0.113. The van der Waals surface area contributed by atoms with Gasteiger partial charge in [-0.05, 0) is 61.4 Å². The third kappa shape index (κ3) is 4.80. The zero-order valence-electron chi connectivity index (χ0n) is 18.4. The van der Waals surface area contributed by atoms with Crippen LogP contribution in [0.4, 0.5) is 5.69 Å². The van der Waals surface area contributed by atoms with E-state index in [4.69, 9.17) is 4.74 Å². The number of methoxy groups -OCH3 is 1. The van der Waals surface area contributed by atoms with Crippen LogP contribution >= 0.6 is 23.1 Å². The van der Waals surface area contributed by atoms with Crippen LogP contribution in [0.1, 0.15) is 35.8 Å². The number of nitrogens with zero attached hydrogens (tertiary/aromatic N) is 3. The second-order valence-corrected chi connectivity index (χ2v) is 10.1. The van der Waals surface area contributed by atoms with E-state index in [9.17, 15) is 4.79 Å². The molecule has 2 heterocycles. The Hall–Kier alpha value is -2.32. The monoisotopic (exact) mass is 456 g/mol. The Morgan fingerprint density at radius 1 is 1.35 bits per heavy atom. The third-order valence-corrected chi connectivity index (χ3v) is 8.03. The summed E-state index contributed by atoms with van der Waals surface area (Å²) in [5.41, 5.74) is 3.22. The highest BCUT2D eigenvalue weighted by molar-refractivity contribution is 7.99. The summed E-state index contributed by atoms with van der Waals surface area (Å²) >= 11 is 3.22. The largest absolute Gasteiger partial charge is 0.495 e. The number of rotatable bonds is 7. The molecule has 1 aliphatic rings. The van der Waals surface area contributed by atoms with Crippen molar-refractivity contribution in [3.05, 3.63) is 40.3 Å². The molecule has 1 atom stereocenters. The minimum Gasteiger partial charge on any atom is -0.495 e. The lowest BCUT2D eigenvalue weighted by Crippen LogP contribution is -2.15. The summed E-state index contributed by atoms with van der Waals surface area (Å²) in [6.07, 6.45) is 4.86. The highest BCUT2D eigenvalue weighted by Gasteiger charge is 2.22. The second-order valence-electron chi connectivity index (χ2n) is 7.98. The van der Waals surface area contributed by atoms with Crippen LogP contribution < -0.4 is 10.1 Å². The molecule has 2 aromatic heterocycles. The molecule has 1 N–H and O–H groups in total. The predicted molar refractivity (Wildman–Crippen MR) is 127 cm³/mol. The van der Waals surface area contributed by atoms with Gasteiger partial charge in [-0.2, -0.15) is 0 Å². The van der Waals surface area contributed by atoms with Crippen LogP contribution in [0.5, 0.6) is 5.75 Å². The molecule has 1 unspecified atom stereocenters. The van der Waals surface area contributed by atoms with Crippen LogP contribution in [0.25, 0.3) is 10.7 Å². The maximum Gasteiger partial charge on any atom is 0.234 e. The van der Waals surface area contributed by atoms with Crippen molar-refractivity contribution < 1.29 is 9.53 Å². The van der Waals surface area contributed by atoms with Gasteiger partial charge in [0, 0.05) is 11.9 Å². The van der Waals surface area contributed by atoms with Crippen molar-refractivity contribution in [1.82, 2.24) is 14.8 Å². The maximum atomic E-state index is 12.5. The molecule has 1 aliphatic carbocycles. The number of aromatic nitrogens is 3. The zero-order chi connectivity index (χ0) is 22.0. The van der Waals surface area contributed by atoms with Gasteiger partial charge in [-0.3, -0.25) is 4.79 Å². The third-order valence-electron chi connectivity index (χ3n) is 5.78. The molecule has 1 amide bonds. The Kier molecular flexibility index (Phi) is 6.67. The molecular weight excluding hydrogens is 428 g/mol. The van der Waals surface area contributed by atoms with Gasteiger partial charge in [0.25, 0.3) is 0 Å². The first kappa shape index (κ1) is 21.9. The Balaban J connectivity index is 1.42. The number of amides is 1. The van der Waals surface area contributed by atoms with Crippen LogP contribution in [-0.2, 0) is 24.7 Å². The van der Waals surface area contributed by atoms with Crippen molar-refractivity contribution in [2.24, 2.45) is 13.0 Å². The Labute approximate surface area is 191 Å².